The molecule has 0 unspecified atom stereocenters. The highest BCUT2D eigenvalue weighted by molar-refractivity contribution is 5.79. The molecule has 0 spiro atoms. The van der Waals surface area contributed by atoms with Crippen LogP contribution in [0.2, 0.25) is 0 Å². The Morgan fingerprint density at radius 2 is 2.00 bits per heavy atom. The minimum absolute atomic E-state index is 0.723. The van der Waals surface area contributed by atoms with Crippen molar-refractivity contribution < 1.29 is 0 Å². The van der Waals surface area contributed by atoms with Crippen LogP contribution in [0.1, 0.15) is 18.2 Å². The molecule has 1 aromatic carbocycles. The van der Waals surface area contributed by atoms with Gasteiger partial charge in [0, 0.05) is 45.3 Å². The average Bonchev–Trinajstić information content (AvgIpc) is 3.31. The lowest BCUT2D eigenvalue weighted by atomic mass is 10.2. The lowest BCUT2D eigenvalue weighted by Gasteiger charge is -2.22. The van der Waals surface area contributed by atoms with E-state index in [1.807, 2.05) is 29.1 Å². The minimum atomic E-state index is 0.723. The maximum atomic E-state index is 4.79. The molecule has 3 aromatic rings. The molecule has 0 aliphatic heterocycles. The normalized spacial score (nSPS) is 11.6. The molecule has 0 aliphatic carbocycles. The Morgan fingerprint density at radius 3 is 2.70 bits per heavy atom. The van der Waals surface area contributed by atoms with Crippen LogP contribution in [-0.4, -0.2) is 45.3 Å². The van der Waals surface area contributed by atoms with Gasteiger partial charge in [-0.2, -0.15) is 5.10 Å². The van der Waals surface area contributed by atoms with E-state index in [0.717, 1.165) is 37.7 Å². The molecular formula is C21H28N6. The van der Waals surface area contributed by atoms with Gasteiger partial charge in [0.1, 0.15) is 0 Å². The summed E-state index contributed by atoms with van der Waals surface area (Å²) in [5, 5.41) is 7.83. The van der Waals surface area contributed by atoms with E-state index in [-0.39, 0.29) is 0 Å². The fourth-order valence-corrected chi connectivity index (χ4v) is 2.95. The molecule has 27 heavy (non-hydrogen) atoms. The third-order valence-corrected chi connectivity index (χ3v) is 4.47. The van der Waals surface area contributed by atoms with Gasteiger partial charge in [0.25, 0.3) is 0 Å². The highest BCUT2D eigenvalue weighted by Crippen LogP contribution is 2.08. The number of aromatic nitrogens is 3. The van der Waals surface area contributed by atoms with E-state index < -0.39 is 0 Å². The third-order valence-electron chi connectivity index (χ3n) is 4.47. The second-order valence-electron chi connectivity index (χ2n) is 6.58. The maximum Gasteiger partial charge on any atom is 0.194 e. The molecule has 0 fully saturated rings. The molecule has 6 heteroatoms. The molecule has 0 atom stereocenters. The first-order chi connectivity index (χ1) is 13.2. The number of hydrogen-bond donors (Lipinski definition) is 1. The quantitative estimate of drug-likeness (QED) is 0.518. The summed E-state index contributed by atoms with van der Waals surface area (Å²) in [4.78, 5) is 6.94. The standard InChI is InChI=1S/C21H28N6/c1-4-22-21(26(3)17-20-11-8-14-25(20)2)23-13-12-18-15-24-27(16-18)19-9-6-5-7-10-19/h5-11,14-16H,4,12-13,17H2,1-3H3,(H,22,23). The molecule has 0 saturated carbocycles. The van der Waals surface area contributed by atoms with Crippen LogP contribution in [0, 0.1) is 0 Å². The molecule has 3 rings (SSSR count). The van der Waals surface area contributed by atoms with Gasteiger partial charge in [0.2, 0.25) is 0 Å². The van der Waals surface area contributed by atoms with Gasteiger partial charge in [0.15, 0.2) is 5.96 Å². The van der Waals surface area contributed by atoms with Crippen molar-refractivity contribution >= 4 is 5.96 Å². The summed E-state index contributed by atoms with van der Waals surface area (Å²) in [5.41, 5.74) is 3.51. The summed E-state index contributed by atoms with van der Waals surface area (Å²) in [6.07, 6.45) is 6.92. The van der Waals surface area contributed by atoms with E-state index in [0.29, 0.717) is 0 Å². The number of hydrogen-bond acceptors (Lipinski definition) is 2. The van der Waals surface area contributed by atoms with E-state index in [4.69, 9.17) is 4.99 Å². The van der Waals surface area contributed by atoms with Crippen LogP contribution in [-0.2, 0) is 20.0 Å². The van der Waals surface area contributed by atoms with Gasteiger partial charge in [-0.1, -0.05) is 18.2 Å². The summed E-state index contributed by atoms with van der Waals surface area (Å²) < 4.78 is 4.05. The summed E-state index contributed by atoms with van der Waals surface area (Å²) in [5.74, 6) is 0.925. The summed E-state index contributed by atoms with van der Waals surface area (Å²) >= 11 is 0. The van der Waals surface area contributed by atoms with Crippen LogP contribution >= 0.6 is 0 Å². The van der Waals surface area contributed by atoms with E-state index in [1.54, 1.807) is 0 Å². The van der Waals surface area contributed by atoms with Crippen molar-refractivity contribution in [1.29, 1.82) is 0 Å². The number of nitrogens with one attached hydrogen (secondary N) is 1. The monoisotopic (exact) mass is 364 g/mol. The van der Waals surface area contributed by atoms with Gasteiger partial charge in [-0.15, -0.1) is 0 Å². The second kappa shape index (κ2) is 9.07. The van der Waals surface area contributed by atoms with Gasteiger partial charge in [-0.25, -0.2) is 4.68 Å². The van der Waals surface area contributed by atoms with Crippen LogP contribution in [0.25, 0.3) is 5.69 Å². The molecule has 0 aliphatic rings. The minimum Gasteiger partial charge on any atom is -0.357 e. The van der Waals surface area contributed by atoms with E-state index in [1.165, 1.54) is 11.3 Å². The number of aryl methyl sites for hydroxylation is 1. The Balaban J connectivity index is 1.60. The topological polar surface area (TPSA) is 50.4 Å². The molecule has 0 bridgehead atoms. The van der Waals surface area contributed by atoms with E-state index >= 15 is 0 Å². The number of rotatable bonds is 7. The number of benzene rings is 1. The highest BCUT2D eigenvalue weighted by atomic mass is 15.3. The van der Waals surface area contributed by atoms with Crippen molar-refractivity contribution in [2.45, 2.75) is 19.9 Å². The van der Waals surface area contributed by atoms with Gasteiger partial charge in [0.05, 0.1) is 18.4 Å². The van der Waals surface area contributed by atoms with Crippen LogP contribution in [0.4, 0.5) is 0 Å². The highest BCUT2D eigenvalue weighted by Gasteiger charge is 2.08. The fourth-order valence-electron chi connectivity index (χ4n) is 2.95. The Morgan fingerprint density at radius 1 is 1.19 bits per heavy atom. The van der Waals surface area contributed by atoms with Gasteiger partial charge < -0.3 is 14.8 Å². The molecule has 2 aromatic heterocycles. The molecule has 0 saturated heterocycles. The zero-order valence-corrected chi connectivity index (χ0v) is 16.3. The zero-order valence-electron chi connectivity index (χ0n) is 16.3. The Hall–Kier alpha value is -3.02. The predicted molar refractivity (Wildman–Crippen MR) is 110 cm³/mol. The number of nitrogens with zero attached hydrogens (tertiary/aromatic N) is 5. The third kappa shape index (κ3) is 5.00. The van der Waals surface area contributed by atoms with Crippen molar-refractivity contribution in [1.82, 2.24) is 24.6 Å². The first kappa shape index (κ1) is 18.8. The van der Waals surface area contributed by atoms with Crippen molar-refractivity contribution in [2.75, 3.05) is 20.1 Å². The van der Waals surface area contributed by atoms with E-state index in [2.05, 4.69) is 77.6 Å². The second-order valence-corrected chi connectivity index (χ2v) is 6.58. The molecule has 6 nitrogen and oxygen atoms in total. The zero-order chi connectivity index (χ0) is 19.1. The van der Waals surface area contributed by atoms with Crippen molar-refractivity contribution in [2.24, 2.45) is 12.0 Å². The van der Waals surface area contributed by atoms with Crippen LogP contribution in [0.3, 0.4) is 0 Å². The van der Waals surface area contributed by atoms with Crippen molar-refractivity contribution in [3.8, 4) is 5.69 Å². The molecular weight excluding hydrogens is 336 g/mol. The molecule has 0 radical (unpaired) electrons. The summed E-state index contributed by atoms with van der Waals surface area (Å²) in [6.45, 7) is 4.49. The Labute approximate surface area is 161 Å². The Bertz CT molecular complexity index is 862. The first-order valence-electron chi connectivity index (χ1n) is 9.36. The first-order valence-corrected chi connectivity index (χ1v) is 9.36. The number of guanidine groups is 1. The number of aliphatic imine (C=N–C) groups is 1. The maximum absolute atomic E-state index is 4.79. The molecule has 2 heterocycles. The van der Waals surface area contributed by atoms with Gasteiger partial charge in [-0.05, 0) is 43.2 Å². The lowest BCUT2D eigenvalue weighted by molar-refractivity contribution is 0.462. The SMILES string of the molecule is CCNC(=NCCc1cnn(-c2ccccc2)c1)N(C)Cc1cccn1C. The van der Waals surface area contributed by atoms with Crippen molar-refractivity contribution in [3.63, 3.8) is 0 Å². The predicted octanol–water partition coefficient (Wildman–Crippen LogP) is 2.85. The van der Waals surface area contributed by atoms with Crippen LogP contribution in [0.15, 0.2) is 66.0 Å². The van der Waals surface area contributed by atoms with E-state index in [9.17, 15) is 0 Å². The van der Waals surface area contributed by atoms with Gasteiger partial charge >= 0.3 is 0 Å². The van der Waals surface area contributed by atoms with Crippen LogP contribution < -0.4 is 5.32 Å². The molecule has 1 N–H and O–H groups in total. The largest absolute Gasteiger partial charge is 0.357 e. The molecule has 0 amide bonds. The smallest absolute Gasteiger partial charge is 0.194 e. The summed E-state index contributed by atoms with van der Waals surface area (Å²) in [7, 11) is 4.14. The van der Waals surface area contributed by atoms with Crippen molar-refractivity contribution in [3.05, 3.63) is 72.3 Å². The van der Waals surface area contributed by atoms with Crippen LogP contribution in [0.5, 0.6) is 0 Å². The van der Waals surface area contributed by atoms with Gasteiger partial charge in [-0.3, -0.25) is 4.99 Å². The molecule has 142 valence electrons. The lowest BCUT2D eigenvalue weighted by Crippen LogP contribution is -2.39. The Kier molecular flexibility index (Phi) is 6.30. The fraction of sp³-hybridized carbons (Fsp3) is 0.333. The number of para-hydroxylation sites is 1. The summed E-state index contributed by atoms with van der Waals surface area (Å²) in [6, 6.07) is 14.4. The average molecular weight is 364 g/mol.